The first kappa shape index (κ1) is 27.9. The lowest BCUT2D eigenvalue weighted by Gasteiger charge is -2.18. The SMILES string of the molecule is COC(=O)[C@H](CNC(=O)CNC(=O)c1cccc(N/C(N)=N/C#N)c1)NC(=O)c1c(Cl)cccc1Cl. The topological polar surface area (TPSA) is 188 Å². The van der Waals surface area contributed by atoms with Gasteiger partial charge in [-0.1, -0.05) is 35.3 Å². The van der Waals surface area contributed by atoms with Crippen LogP contribution in [0.3, 0.4) is 0 Å². The largest absolute Gasteiger partial charge is 0.467 e. The zero-order valence-electron chi connectivity index (χ0n) is 18.8. The molecule has 2 rings (SSSR count). The van der Waals surface area contributed by atoms with Crippen LogP contribution in [-0.4, -0.2) is 55.9 Å². The Bertz CT molecular complexity index is 1210. The number of nitrogens with one attached hydrogen (secondary N) is 4. The standard InChI is InChI=1S/C22H21Cl2N7O5/c1-36-21(35)16(31-20(34)18-14(23)6-3-7-15(18)24)9-27-17(32)10-28-19(33)12-4-2-5-13(8-12)30-22(26)29-11-25/h2-8,16H,9-10H2,1H3,(H,27,32)(H,28,33)(H,31,34)(H3,26,29,30)/t16-/m0/s1. The molecule has 1 atom stereocenters. The number of nitriles is 1. The lowest BCUT2D eigenvalue weighted by Crippen LogP contribution is -2.50. The summed E-state index contributed by atoms with van der Waals surface area (Å²) in [5.74, 6) is -2.92. The highest BCUT2D eigenvalue weighted by Crippen LogP contribution is 2.24. The maximum Gasteiger partial charge on any atom is 0.330 e. The third kappa shape index (κ3) is 8.15. The first-order valence-electron chi connectivity index (χ1n) is 10.1. The van der Waals surface area contributed by atoms with Crippen LogP contribution < -0.4 is 27.0 Å². The van der Waals surface area contributed by atoms with Crippen molar-refractivity contribution in [1.82, 2.24) is 16.0 Å². The number of aliphatic imine (C=N–C) groups is 1. The molecule has 188 valence electrons. The Balaban J connectivity index is 1.94. The van der Waals surface area contributed by atoms with Crippen molar-refractivity contribution in [2.75, 3.05) is 25.5 Å². The number of hydrogen-bond donors (Lipinski definition) is 5. The van der Waals surface area contributed by atoms with Crippen molar-refractivity contribution in [3.8, 4) is 6.19 Å². The Hall–Kier alpha value is -4.34. The van der Waals surface area contributed by atoms with E-state index < -0.39 is 36.3 Å². The summed E-state index contributed by atoms with van der Waals surface area (Å²) in [6, 6.07) is 9.32. The Labute approximate surface area is 215 Å². The van der Waals surface area contributed by atoms with Gasteiger partial charge in [0, 0.05) is 17.8 Å². The number of rotatable bonds is 9. The third-order valence-corrected chi connectivity index (χ3v) is 5.09. The summed E-state index contributed by atoms with van der Waals surface area (Å²) in [6.07, 6.45) is 1.52. The first-order chi connectivity index (χ1) is 17.2. The predicted octanol–water partition coefficient (Wildman–Crippen LogP) is 1.02. The minimum absolute atomic E-state index is 0.0364. The molecule has 14 heteroatoms. The van der Waals surface area contributed by atoms with Gasteiger partial charge in [0.1, 0.15) is 6.04 Å². The average molecular weight is 534 g/mol. The number of methoxy groups -OCH3 is 1. The van der Waals surface area contributed by atoms with E-state index in [-0.39, 0.29) is 33.7 Å². The highest BCUT2D eigenvalue weighted by atomic mass is 35.5. The number of amides is 3. The van der Waals surface area contributed by atoms with E-state index >= 15 is 0 Å². The summed E-state index contributed by atoms with van der Waals surface area (Å²) in [6.45, 7) is -0.751. The number of halogens is 2. The summed E-state index contributed by atoms with van der Waals surface area (Å²) in [4.78, 5) is 52.6. The molecule has 0 heterocycles. The molecule has 0 spiro atoms. The normalized spacial score (nSPS) is 11.4. The number of guanidine groups is 1. The molecule has 0 saturated heterocycles. The van der Waals surface area contributed by atoms with E-state index in [1.54, 1.807) is 18.2 Å². The second-order valence-electron chi connectivity index (χ2n) is 6.94. The van der Waals surface area contributed by atoms with Gasteiger partial charge in [-0.05, 0) is 30.3 Å². The van der Waals surface area contributed by atoms with E-state index in [9.17, 15) is 19.2 Å². The number of esters is 1. The third-order valence-electron chi connectivity index (χ3n) is 4.46. The van der Waals surface area contributed by atoms with Crippen LogP contribution in [0.2, 0.25) is 10.0 Å². The van der Waals surface area contributed by atoms with Crippen molar-refractivity contribution in [2.24, 2.45) is 10.7 Å². The van der Waals surface area contributed by atoms with Gasteiger partial charge in [-0.25, -0.2) is 4.79 Å². The zero-order chi connectivity index (χ0) is 26.7. The summed E-state index contributed by atoms with van der Waals surface area (Å²) in [7, 11) is 1.12. The van der Waals surface area contributed by atoms with Gasteiger partial charge in [0.2, 0.25) is 18.1 Å². The Morgan fingerprint density at radius 1 is 1.08 bits per heavy atom. The molecule has 0 bridgehead atoms. The van der Waals surface area contributed by atoms with Gasteiger partial charge in [-0.2, -0.15) is 5.26 Å². The van der Waals surface area contributed by atoms with E-state index in [0.29, 0.717) is 5.69 Å². The number of nitrogens with two attached hydrogens (primary N) is 1. The highest BCUT2D eigenvalue weighted by Gasteiger charge is 2.25. The van der Waals surface area contributed by atoms with Crippen LogP contribution in [0.5, 0.6) is 0 Å². The number of ether oxygens (including phenoxy) is 1. The lowest BCUT2D eigenvalue weighted by molar-refractivity contribution is -0.142. The minimum Gasteiger partial charge on any atom is -0.467 e. The second-order valence-corrected chi connectivity index (χ2v) is 7.75. The lowest BCUT2D eigenvalue weighted by atomic mass is 10.2. The molecule has 0 fully saturated rings. The van der Waals surface area contributed by atoms with Crippen LogP contribution in [0, 0.1) is 11.5 Å². The van der Waals surface area contributed by atoms with Crippen LogP contribution in [0.4, 0.5) is 5.69 Å². The maximum atomic E-state index is 12.6. The van der Waals surface area contributed by atoms with E-state index in [0.717, 1.165) is 7.11 Å². The number of hydrogen-bond acceptors (Lipinski definition) is 7. The van der Waals surface area contributed by atoms with Crippen LogP contribution >= 0.6 is 23.2 Å². The highest BCUT2D eigenvalue weighted by molar-refractivity contribution is 6.39. The summed E-state index contributed by atoms with van der Waals surface area (Å²) < 4.78 is 4.67. The fourth-order valence-electron chi connectivity index (χ4n) is 2.79. The summed E-state index contributed by atoms with van der Waals surface area (Å²) in [5, 5.41) is 18.6. The van der Waals surface area contributed by atoms with Crippen molar-refractivity contribution in [2.45, 2.75) is 6.04 Å². The molecular formula is C22H21Cl2N7O5. The van der Waals surface area contributed by atoms with Crippen LogP contribution in [0.15, 0.2) is 47.5 Å². The molecule has 12 nitrogen and oxygen atoms in total. The number of anilines is 1. The number of carbonyl (C=O) groups excluding carboxylic acids is 4. The predicted molar refractivity (Wildman–Crippen MR) is 132 cm³/mol. The fourth-order valence-corrected chi connectivity index (χ4v) is 3.36. The van der Waals surface area contributed by atoms with E-state index in [1.807, 2.05) is 0 Å². The van der Waals surface area contributed by atoms with E-state index in [4.69, 9.17) is 34.2 Å². The average Bonchev–Trinajstić information content (AvgIpc) is 2.84. The zero-order valence-corrected chi connectivity index (χ0v) is 20.3. The number of benzene rings is 2. The molecule has 0 aliphatic rings. The van der Waals surface area contributed by atoms with Gasteiger partial charge in [0.25, 0.3) is 11.8 Å². The molecule has 0 saturated carbocycles. The van der Waals surface area contributed by atoms with Gasteiger partial charge in [-0.15, -0.1) is 4.99 Å². The van der Waals surface area contributed by atoms with E-state index in [2.05, 4.69) is 31.0 Å². The molecule has 3 amide bonds. The van der Waals surface area contributed by atoms with Crippen molar-refractivity contribution >= 4 is 58.5 Å². The molecule has 0 aromatic heterocycles. The van der Waals surface area contributed by atoms with Crippen molar-refractivity contribution in [1.29, 1.82) is 5.26 Å². The van der Waals surface area contributed by atoms with Crippen molar-refractivity contribution < 1.29 is 23.9 Å². The molecule has 36 heavy (non-hydrogen) atoms. The molecule has 0 aliphatic heterocycles. The Morgan fingerprint density at radius 2 is 1.75 bits per heavy atom. The number of carbonyl (C=O) groups is 4. The molecule has 0 radical (unpaired) electrons. The van der Waals surface area contributed by atoms with Crippen LogP contribution in [0.25, 0.3) is 0 Å². The Morgan fingerprint density at radius 3 is 2.39 bits per heavy atom. The van der Waals surface area contributed by atoms with Crippen molar-refractivity contribution in [3.63, 3.8) is 0 Å². The van der Waals surface area contributed by atoms with Crippen LogP contribution in [0.1, 0.15) is 20.7 Å². The van der Waals surface area contributed by atoms with Gasteiger partial charge < -0.3 is 31.7 Å². The van der Waals surface area contributed by atoms with Crippen LogP contribution in [-0.2, 0) is 14.3 Å². The molecule has 2 aromatic carbocycles. The monoisotopic (exact) mass is 533 g/mol. The summed E-state index contributed by atoms with van der Waals surface area (Å²) in [5.41, 5.74) is 6.07. The van der Waals surface area contributed by atoms with Gasteiger partial charge in [0.05, 0.1) is 29.3 Å². The smallest absolute Gasteiger partial charge is 0.330 e. The number of nitrogens with zero attached hydrogens (tertiary/aromatic N) is 2. The van der Waals surface area contributed by atoms with E-state index in [1.165, 1.54) is 30.5 Å². The van der Waals surface area contributed by atoms with Crippen molar-refractivity contribution in [3.05, 3.63) is 63.6 Å². The maximum absolute atomic E-state index is 12.6. The second kappa shape index (κ2) is 13.5. The molecule has 0 aliphatic carbocycles. The molecule has 6 N–H and O–H groups in total. The molecule has 2 aromatic rings. The van der Waals surface area contributed by atoms with Gasteiger partial charge in [-0.3, -0.25) is 14.4 Å². The quantitative estimate of drug-likeness (QED) is 0.136. The minimum atomic E-state index is -1.25. The summed E-state index contributed by atoms with van der Waals surface area (Å²) >= 11 is 12.0. The Kier molecular flexibility index (Phi) is 10.5. The molecular weight excluding hydrogens is 513 g/mol. The fraction of sp³-hybridized carbons (Fsp3) is 0.182. The molecule has 0 unspecified atom stereocenters. The first-order valence-corrected chi connectivity index (χ1v) is 10.9. The van der Waals surface area contributed by atoms with Gasteiger partial charge in [0.15, 0.2) is 0 Å². The van der Waals surface area contributed by atoms with Gasteiger partial charge >= 0.3 is 5.97 Å².